The number of aryl methyl sites for hydroxylation is 1. The predicted molar refractivity (Wildman–Crippen MR) is 72.6 cm³/mol. The average Bonchev–Trinajstić information content (AvgIpc) is 2.39. The topological polar surface area (TPSA) is 71.5 Å². The van der Waals surface area contributed by atoms with Gasteiger partial charge in [-0.05, 0) is 44.7 Å². The molecule has 0 spiro atoms. The molecule has 2 N–H and O–H groups in total. The highest BCUT2D eigenvalue weighted by atomic mass is 16.5. The zero-order valence-electron chi connectivity index (χ0n) is 11.2. The summed E-state index contributed by atoms with van der Waals surface area (Å²) in [5.74, 6) is -0.217. The van der Waals surface area contributed by atoms with Gasteiger partial charge in [-0.2, -0.15) is 0 Å². The quantitative estimate of drug-likeness (QED) is 0.854. The number of nitrogens with one attached hydrogen (secondary N) is 1. The highest BCUT2D eigenvalue weighted by Gasteiger charge is 2.13. The fourth-order valence-electron chi connectivity index (χ4n) is 2.28. The van der Waals surface area contributed by atoms with E-state index in [1.807, 2.05) is 0 Å². The first-order valence-electron chi connectivity index (χ1n) is 6.73. The molecule has 0 amide bonds. The smallest absolute Gasteiger partial charge is 0.337 e. The van der Waals surface area contributed by atoms with Gasteiger partial charge in [-0.15, -0.1) is 0 Å². The number of pyridine rings is 1. The second-order valence-corrected chi connectivity index (χ2v) is 4.84. The first kappa shape index (κ1) is 13.8. The molecule has 104 valence electrons. The third kappa shape index (κ3) is 3.92. The Morgan fingerprint density at radius 3 is 3.00 bits per heavy atom. The fourth-order valence-corrected chi connectivity index (χ4v) is 2.28. The maximum Gasteiger partial charge on any atom is 0.337 e. The van der Waals surface area contributed by atoms with Gasteiger partial charge in [0.2, 0.25) is 0 Å². The molecule has 19 heavy (non-hydrogen) atoms. The molecule has 0 aliphatic carbocycles. The van der Waals surface area contributed by atoms with Crippen LogP contribution >= 0.6 is 0 Å². The lowest BCUT2D eigenvalue weighted by Crippen LogP contribution is -2.22. The predicted octanol–water partition coefficient (Wildman–Crippen LogP) is 2.46. The van der Waals surface area contributed by atoms with Crippen LogP contribution in [0.25, 0.3) is 0 Å². The van der Waals surface area contributed by atoms with Crippen LogP contribution in [0.4, 0.5) is 5.82 Å². The van der Waals surface area contributed by atoms with Crippen LogP contribution in [0.5, 0.6) is 0 Å². The van der Waals surface area contributed by atoms with Crippen molar-refractivity contribution in [3.63, 3.8) is 0 Å². The van der Waals surface area contributed by atoms with Gasteiger partial charge < -0.3 is 15.2 Å². The van der Waals surface area contributed by atoms with Crippen LogP contribution < -0.4 is 5.32 Å². The van der Waals surface area contributed by atoms with Crippen LogP contribution in [0.2, 0.25) is 0 Å². The summed E-state index contributed by atoms with van der Waals surface area (Å²) in [5.41, 5.74) is 0.785. The SMILES string of the molecule is Cc1nc(NCCC2CCCCO2)ccc1C(=O)O. The number of nitrogens with zero attached hydrogens (tertiary/aromatic N) is 1. The summed E-state index contributed by atoms with van der Waals surface area (Å²) in [6.07, 6.45) is 4.85. The van der Waals surface area contributed by atoms with E-state index in [-0.39, 0.29) is 5.56 Å². The molecule has 1 unspecified atom stereocenters. The van der Waals surface area contributed by atoms with Crippen molar-refractivity contribution in [2.24, 2.45) is 0 Å². The minimum absolute atomic E-state index is 0.251. The number of hydrogen-bond acceptors (Lipinski definition) is 4. The van der Waals surface area contributed by atoms with E-state index in [0.29, 0.717) is 11.8 Å². The van der Waals surface area contributed by atoms with Crippen molar-refractivity contribution in [3.8, 4) is 0 Å². The molecule has 1 fully saturated rings. The Hall–Kier alpha value is -1.62. The van der Waals surface area contributed by atoms with Gasteiger partial charge in [0.05, 0.1) is 17.4 Å². The molecule has 1 saturated heterocycles. The average molecular weight is 264 g/mol. The molecule has 1 aliphatic rings. The van der Waals surface area contributed by atoms with Crippen LogP contribution in [-0.2, 0) is 4.74 Å². The van der Waals surface area contributed by atoms with Gasteiger partial charge in [0.25, 0.3) is 0 Å². The molecule has 1 aromatic heterocycles. The van der Waals surface area contributed by atoms with E-state index in [9.17, 15) is 4.79 Å². The number of aromatic carboxylic acids is 1. The molecular weight excluding hydrogens is 244 g/mol. The van der Waals surface area contributed by atoms with Crippen molar-refractivity contribution >= 4 is 11.8 Å². The Kier molecular flexibility index (Phi) is 4.74. The summed E-state index contributed by atoms with van der Waals surface area (Å²) in [4.78, 5) is 15.1. The molecule has 0 bridgehead atoms. The zero-order valence-corrected chi connectivity index (χ0v) is 11.2. The van der Waals surface area contributed by atoms with Crippen molar-refractivity contribution in [2.75, 3.05) is 18.5 Å². The highest BCUT2D eigenvalue weighted by molar-refractivity contribution is 5.89. The third-order valence-electron chi connectivity index (χ3n) is 3.36. The van der Waals surface area contributed by atoms with Crippen molar-refractivity contribution in [1.82, 2.24) is 4.98 Å². The number of aromatic nitrogens is 1. The minimum Gasteiger partial charge on any atom is -0.478 e. The van der Waals surface area contributed by atoms with Crippen LogP contribution in [0.3, 0.4) is 0 Å². The van der Waals surface area contributed by atoms with Gasteiger partial charge >= 0.3 is 5.97 Å². The molecule has 0 aromatic carbocycles. The highest BCUT2D eigenvalue weighted by Crippen LogP contribution is 2.16. The molecule has 1 atom stereocenters. The van der Waals surface area contributed by atoms with E-state index in [0.717, 1.165) is 31.8 Å². The molecular formula is C14H20N2O3. The van der Waals surface area contributed by atoms with Gasteiger partial charge in [0, 0.05) is 13.2 Å². The third-order valence-corrected chi connectivity index (χ3v) is 3.36. The van der Waals surface area contributed by atoms with Crippen molar-refractivity contribution in [3.05, 3.63) is 23.4 Å². The molecule has 2 heterocycles. The first-order valence-corrected chi connectivity index (χ1v) is 6.73. The molecule has 1 aliphatic heterocycles. The number of rotatable bonds is 5. The summed E-state index contributed by atoms with van der Waals surface area (Å²) in [6.45, 7) is 3.37. The van der Waals surface area contributed by atoms with Crippen molar-refractivity contribution in [1.29, 1.82) is 0 Å². The number of carboxylic acid groups (broad SMARTS) is 1. The number of carboxylic acids is 1. The molecule has 0 radical (unpaired) electrons. The van der Waals surface area contributed by atoms with E-state index >= 15 is 0 Å². The Morgan fingerprint density at radius 2 is 2.37 bits per heavy atom. The monoisotopic (exact) mass is 264 g/mol. The van der Waals surface area contributed by atoms with Gasteiger partial charge in [0.15, 0.2) is 0 Å². The lowest BCUT2D eigenvalue weighted by Gasteiger charge is -2.22. The first-order chi connectivity index (χ1) is 9.16. The Balaban J connectivity index is 1.82. The van der Waals surface area contributed by atoms with Crippen molar-refractivity contribution < 1.29 is 14.6 Å². The second-order valence-electron chi connectivity index (χ2n) is 4.84. The lowest BCUT2D eigenvalue weighted by molar-refractivity contribution is 0.0134. The molecule has 1 aromatic rings. The molecule has 2 rings (SSSR count). The van der Waals surface area contributed by atoms with E-state index in [4.69, 9.17) is 9.84 Å². The summed E-state index contributed by atoms with van der Waals surface area (Å²) in [7, 11) is 0. The van der Waals surface area contributed by atoms with Gasteiger partial charge in [-0.25, -0.2) is 9.78 Å². The van der Waals surface area contributed by atoms with Gasteiger partial charge in [-0.1, -0.05) is 0 Å². The minimum atomic E-state index is -0.938. The summed E-state index contributed by atoms with van der Waals surface area (Å²) in [5, 5.41) is 12.1. The molecule has 5 nitrogen and oxygen atoms in total. The summed E-state index contributed by atoms with van der Waals surface area (Å²) < 4.78 is 5.65. The molecule has 5 heteroatoms. The Morgan fingerprint density at radius 1 is 1.53 bits per heavy atom. The zero-order chi connectivity index (χ0) is 13.7. The maximum absolute atomic E-state index is 10.9. The maximum atomic E-state index is 10.9. The van der Waals surface area contributed by atoms with Crippen LogP contribution in [-0.4, -0.2) is 35.3 Å². The largest absolute Gasteiger partial charge is 0.478 e. The second kappa shape index (κ2) is 6.52. The summed E-state index contributed by atoms with van der Waals surface area (Å²) in [6, 6.07) is 3.29. The normalized spacial score (nSPS) is 19.1. The van der Waals surface area contributed by atoms with Gasteiger partial charge in [-0.3, -0.25) is 0 Å². The summed E-state index contributed by atoms with van der Waals surface area (Å²) >= 11 is 0. The standard InChI is InChI=1S/C14H20N2O3/c1-10-12(14(17)18)5-6-13(16-10)15-8-7-11-4-2-3-9-19-11/h5-6,11H,2-4,7-9H2,1H3,(H,15,16)(H,17,18). The fraction of sp³-hybridized carbons (Fsp3) is 0.571. The lowest BCUT2D eigenvalue weighted by atomic mass is 10.1. The van der Waals surface area contributed by atoms with Crippen molar-refractivity contribution in [2.45, 2.75) is 38.7 Å². The van der Waals surface area contributed by atoms with E-state index in [1.54, 1.807) is 19.1 Å². The van der Waals surface area contributed by atoms with Gasteiger partial charge in [0.1, 0.15) is 5.82 Å². The van der Waals surface area contributed by atoms with E-state index in [2.05, 4.69) is 10.3 Å². The molecule has 0 saturated carbocycles. The van der Waals surface area contributed by atoms with Crippen LogP contribution in [0.15, 0.2) is 12.1 Å². The number of carbonyl (C=O) groups is 1. The number of ether oxygens (including phenoxy) is 1. The van der Waals surface area contributed by atoms with E-state index in [1.165, 1.54) is 12.8 Å². The van der Waals surface area contributed by atoms with Crippen LogP contribution in [0.1, 0.15) is 41.7 Å². The van der Waals surface area contributed by atoms with E-state index < -0.39 is 5.97 Å². The number of hydrogen-bond donors (Lipinski definition) is 2. The Labute approximate surface area is 113 Å². The van der Waals surface area contributed by atoms with Crippen LogP contribution in [0, 0.1) is 6.92 Å². The Bertz CT molecular complexity index is 442. The number of anilines is 1.